The van der Waals surface area contributed by atoms with Gasteiger partial charge in [0.25, 0.3) is 0 Å². The Morgan fingerprint density at radius 2 is 1.46 bits per heavy atom. The molecule has 7 heteroatoms. The number of hydrogen-bond donors (Lipinski definition) is 0. The van der Waals surface area contributed by atoms with Gasteiger partial charge in [0, 0.05) is 5.56 Å². The Labute approximate surface area is 160 Å². The highest BCUT2D eigenvalue weighted by Gasteiger charge is 2.08. The second kappa shape index (κ2) is 6.96. The summed E-state index contributed by atoms with van der Waals surface area (Å²) in [6.07, 6.45) is 1.89. The SMILES string of the molecule is c1ccc(Oc2ccc(-c3cn(Cn4nnc5ccccc54)nn3)cc2)cc1. The molecule has 0 fully saturated rings. The van der Waals surface area contributed by atoms with Crippen molar-refractivity contribution in [3.8, 4) is 22.8 Å². The normalized spacial score (nSPS) is 11.0. The standard InChI is InChI=1S/C21H16N6O/c1-2-6-17(7-3-1)28-18-12-10-16(11-13-18)20-14-26(24-23-20)15-27-21-9-5-4-8-19(21)22-25-27/h1-14H,15H2. The maximum atomic E-state index is 5.83. The van der Waals surface area contributed by atoms with Crippen LogP contribution >= 0.6 is 0 Å². The summed E-state index contributed by atoms with van der Waals surface area (Å²) in [6, 6.07) is 25.3. The molecule has 3 aromatic carbocycles. The molecule has 0 radical (unpaired) electrons. The quantitative estimate of drug-likeness (QED) is 0.469. The minimum absolute atomic E-state index is 0.447. The fourth-order valence-electron chi connectivity index (χ4n) is 2.98. The molecule has 0 saturated carbocycles. The molecule has 0 bridgehead atoms. The van der Waals surface area contributed by atoms with Gasteiger partial charge in [-0.15, -0.1) is 10.2 Å². The van der Waals surface area contributed by atoms with Gasteiger partial charge in [0.1, 0.15) is 29.4 Å². The number of benzene rings is 3. The zero-order chi connectivity index (χ0) is 18.8. The van der Waals surface area contributed by atoms with E-state index < -0.39 is 0 Å². The summed E-state index contributed by atoms with van der Waals surface area (Å²) in [5.74, 6) is 1.58. The van der Waals surface area contributed by atoms with Gasteiger partial charge in [-0.1, -0.05) is 40.8 Å². The van der Waals surface area contributed by atoms with Crippen molar-refractivity contribution in [3.05, 3.63) is 85.1 Å². The average Bonchev–Trinajstić information content (AvgIpc) is 3.37. The first-order valence-corrected chi connectivity index (χ1v) is 8.87. The van der Waals surface area contributed by atoms with Gasteiger partial charge in [-0.25, -0.2) is 9.36 Å². The number of ether oxygens (including phenoxy) is 1. The smallest absolute Gasteiger partial charge is 0.137 e. The Morgan fingerprint density at radius 3 is 2.32 bits per heavy atom. The van der Waals surface area contributed by atoms with Gasteiger partial charge in [0.05, 0.1) is 11.7 Å². The van der Waals surface area contributed by atoms with E-state index in [1.165, 1.54) is 0 Å². The summed E-state index contributed by atoms with van der Waals surface area (Å²) in [5.41, 5.74) is 3.57. The minimum atomic E-state index is 0.447. The van der Waals surface area contributed by atoms with Crippen molar-refractivity contribution in [1.29, 1.82) is 0 Å². The lowest BCUT2D eigenvalue weighted by Crippen LogP contribution is -2.10. The summed E-state index contributed by atoms with van der Waals surface area (Å²) in [4.78, 5) is 0. The Balaban J connectivity index is 1.33. The third kappa shape index (κ3) is 3.21. The Bertz CT molecular complexity index is 1210. The van der Waals surface area contributed by atoms with E-state index in [2.05, 4.69) is 20.6 Å². The first kappa shape index (κ1) is 16.2. The molecule has 2 aromatic heterocycles. The molecule has 2 heterocycles. The molecule has 5 rings (SSSR count). The van der Waals surface area contributed by atoms with E-state index in [1.807, 2.05) is 85.1 Å². The largest absolute Gasteiger partial charge is 0.457 e. The molecule has 0 aliphatic carbocycles. The number of nitrogens with zero attached hydrogens (tertiary/aromatic N) is 6. The third-order valence-corrected chi connectivity index (χ3v) is 4.37. The Kier molecular flexibility index (Phi) is 4.02. The van der Waals surface area contributed by atoms with E-state index in [9.17, 15) is 0 Å². The number of hydrogen-bond acceptors (Lipinski definition) is 5. The molecule has 0 amide bonds. The van der Waals surface area contributed by atoms with Crippen LogP contribution in [0, 0.1) is 0 Å². The van der Waals surface area contributed by atoms with Crippen LogP contribution in [0.25, 0.3) is 22.3 Å². The first-order valence-electron chi connectivity index (χ1n) is 8.87. The first-order chi connectivity index (χ1) is 13.8. The van der Waals surface area contributed by atoms with E-state index in [1.54, 1.807) is 9.36 Å². The number of fused-ring (bicyclic) bond motifs is 1. The number of aromatic nitrogens is 6. The lowest BCUT2D eigenvalue weighted by atomic mass is 10.1. The molecule has 0 atom stereocenters. The molecule has 136 valence electrons. The van der Waals surface area contributed by atoms with Crippen LogP contribution in [0.2, 0.25) is 0 Å². The number of rotatable bonds is 5. The zero-order valence-corrected chi connectivity index (χ0v) is 14.9. The summed E-state index contributed by atoms with van der Waals surface area (Å²) < 4.78 is 9.36. The molecule has 0 unspecified atom stereocenters. The van der Waals surface area contributed by atoms with Crippen molar-refractivity contribution < 1.29 is 4.74 Å². The van der Waals surface area contributed by atoms with Crippen LogP contribution in [-0.4, -0.2) is 30.0 Å². The molecule has 0 saturated heterocycles. The molecular weight excluding hydrogens is 352 g/mol. The van der Waals surface area contributed by atoms with Crippen molar-refractivity contribution in [2.24, 2.45) is 0 Å². The molecule has 5 aromatic rings. The summed E-state index contributed by atoms with van der Waals surface area (Å²) in [6.45, 7) is 0.447. The Morgan fingerprint density at radius 1 is 0.714 bits per heavy atom. The van der Waals surface area contributed by atoms with Crippen LogP contribution < -0.4 is 4.74 Å². The van der Waals surface area contributed by atoms with Crippen LogP contribution in [0.5, 0.6) is 11.5 Å². The highest BCUT2D eigenvalue weighted by Crippen LogP contribution is 2.24. The maximum Gasteiger partial charge on any atom is 0.137 e. The van der Waals surface area contributed by atoms with Crippen LogP contribution in [0.4, 0.5) is 0 Å². The second-order valence-electron chi connectivity index (χ2n) is 6.30. The van der Waals surface area contributed by atoms with Crippen molar-refractivity contribution in [2.75, 3.05) is 0 Å². The van der Waals surface area contributed by atoms with E-state index >= 15 is 0 Å². The minimum Gasteiger partial charge on any atom is -0.457 e. The van der Waals surface area contributed by atoms with Gasteiger partial charge in [-0.3, -0.25) is 0 Å². The van der Waals surface area contributed by atoms with Crippen molar-refractivity contribution in [2.45, 2.75) is 6.67 Å². The summed E-state index contributed by atoms with van der Waals surface area (Å²) in [7, 11) is 0. The molecule has 7 nitrogen and oxygen atoms in total. The van der Waals surface area contributed by atoms with E-state index in [0.717, 1.165) is 33.8 Å². The van der Waals surface area contributed by atoms with Gasteiger partial charge in [0.2, 0.25) is 0 Å². The second-order valence-corrected chi connectivity index (χ2v) is 6.30. The maximum absolute atomic E-state index is 5.83. The van der Waals surface area contributed by atoms with Crippen LogP contribution in [0.15, 0.2) is 85.1 Å². The van der Waals surface area contributed by atoms with Crippen LogP contribution in [0.1, 0.15) is 0 Å². The molecular formula is C21H16N6O. The van der Waals surface area contributed by atoms with Gasteiger partial charge < -0.3 is 4.74 Å². The number of para-hydroxylation sites is 2. The highest BCUT2D eigenvalue weighted by atomic mass is 16.5. The lowest BCUT2D eigenvalue weighted by Gasteiger charge is -2.05. The third-order valence-electron chi connectivity index (χ3n) is 4.37. The average molecular weight is 368 g/mol. The van der Waals surface area contributed by atoms with Gasteiger partial charge >= 0.3 is 0 Å². The van der Waals surface area contributed by atoms with Crippen molar-refractivity contribution in [1.82, 2.24) is 30.0 Å². The molecule has 0 N–H and O–H groups in total. The fourth-order valence-corrected chi connectivity index (χ4v) is 2.98. The lowest BCUT2D eigenvalue weighted by molar-refractivity contribution is 0.483. The van der Waals surface area contributed by atoms with E-state index in [4.69, 9.17) is 4.74 Å². The van der Waals surface area contributed by atoms with E-state index in [-0.39, 0.29) is 0 Å². The molecule has 0 spiro atoms. The fraction of sp³-hybridized carbons (Fsp3) is 0.0476. The van der Waals surface area contributed by atoms with Crippen LogP contribution in [0.3, 0.4) is 0 Å². The van der Waals surface area contributed by atoms with Crippen molar-refractivity contribution >= 4 is 11.0 Å². The summed E-state index contributed by atoms with van der Waals surface area (Å²) in [5, 5.41) is 16.8. The Hall–Kier alpha value is -4.00. The molecule has 0 aliphatic heterocycles. The van der Waals surface area contributed by atoms with Crippen molar-refractivity contribution in [3.63, 3.8) is 0 Å². The summed E-state index contributed by atoms with van der Waals surface area (Å²) >= 11 is 0. The highest BCUT2D eigenvalue weighted by molar-refractivity contribution is 5.73. The monoisotopic (exact) mass is 368 g/mol. The topological polar surface area (TPSA) is 70.7 Å². The zero-order valence-electron chi connectivity index (χ0n) is 14.9. The molecule has 0 aliphatic rings. The molecule has 28 heavy (non-hydrogen) atoms. The van der Waals surface area contributed by atoms with Crippen LogP contribution in [-0.2, 0) is 6.67 Å². The van der Waals surface area contributed by atoms with E-state index in [0.29, 0.717) is 6.67 Å². The van der Waals surface area contributed by atoms with Gasteiger partial charge in [-0.05, 0) is 48.5 Å². The predicted octanol–water partition coefficient (Wildman–Crippen LogP) is 3.99. The van der Waals surface area contributed by atoms with Gasteiger partial charge in [0.15, 0.2) is 0 Å². The predicted molar refractivity (Wildman–Crippen MR) is 105 cm³/mol. The van der Waals surface area contributed by atoms with Gasteiger partial charge in [-0.2, -0.15) is 0 Å².